The van der Waals surface area contributed by atoms with Crippen LogP contribution in [0.2, 0.25) is 0 Å². The lowest BCUT2D eigenvalue weighted by Gasteiger charge is -2.41. The molecule has 19 heavy (non-hydrogen) atoms. The summed E-state index contributed by atoms with van der Waals surface area (Å²) in [6.07, 6.45) is 4.86. The van der Waals surface area contributed by atoms with Gasteiger partial charge in [0.2, 0.25) is 0 Å². The van der Waals surface area contributed by atoms with Crippen LogP contribution >= 0.6 is 0 Å². The molecule has 1 atom stereocenters. The fourth-order valence-electron chi connectivity index (χ4n) is 2.83. The van der Waals surface area contributed by atoms with Gasteiger partial charge in [0, 0.05) is 19.7 Å². The van der Waals surface area contributed by atoms with E-state index in [0.29, 0.717) is 12.0 Å². The Balaban J connectivity index is 1.98. The van der Waals surface area contributed by atoms with E-state index in [4.69, 9.17) is 4.74 Å². The summed E-state index contributed by atoms with van der Waals surface area (Å²) in [5.74, 6) is 0.692. The van der Waals surface area contributed by atoms with Gasteiger partial charge in [-0.15, -0.1) is 0 Å². The van der Waals surface area contributed by atoms with Crippen molar-refractivity contribution in [3.63, 3.8) is 0 Å². The van der Waals surface area contributed by atoms with Crippen molar-refractivity contribution in [1.82, 2.24) is 5.32 Å². The van der Waals surface area contributed by atoms with Gasteiger partial charge in [0.25, 0.3) is 0 Å². The second-order valence-electron chi connectivity index (χ2n) is 6.21. The van der Waals surface area contributed by atoms with E-state index in [9.17, 15) is 0 Å². The zero-order valence-electron chi connectivity index (χ0n) is 12.5. The summed E-state index contributed by atoms with van der Waals surface area (Å²) in [4.78, 5) is 0. The molecule has 1 saturated carbocycles. The number of nitrogens with one attached hydrogen (secondary N) is 1. The monoisotopic (exact) mass is 261 g/mol. The molecule has 2 nitrogen and oxygen atoms in total. The van der Waals surface area contributed by atoms with Gasteiger partial charge in [-0.05, 0) is 37.2 Å². The first-order chi connectivity index (χ1) is 9.15. The Labute approximate surface area is 117 Å². The highest BCUT2D eigenvalue weighted by molar-refractivity contribution is 5.19. The van der Waals surface area contributed by atoms with Crippen LogP contribution in [0.25, 0.3) is 0 Å². The third-order valence-electron chi connectivity index (χ3n) is 4.28. The van der Waals surface area contributed by atoms with Crippen LogP contribution in [0.3, 0.4) is 0 Å². The lowest BCUT2D eigenvalue weighted by molar-refractivity contribution is -0.0712. The Bertz CT molecular complexity index is 365. The standard InChI is InChI=1S/C17H27NO/c1-14(2)12-16(15-8-5-4-6-9-15)18-13-17(19-3)10-7-11-17/h4-6,8-9,14,16,18H,7,10-13H2,1-3H3. The van der Waals surface area contributed by atoms with Gasteiger partial charge in [-0.2, -0.15) is 0 Å². The molecular formula is C17H27NO. The molecule has 1 aliphatic carbocycles. The van der Waals surface area contributed by atoms with E-state index < -0.39 is 0 Å². The fraction of sp³-hybridized carbons (Fsp3) is 0.647. The Morgan fingerprint density at radius 3 is 2.37 bits per heavy atom. The Kier molecular flexibility index (Phi) is 5.00. The van der Waals surface area contributed by atoms with E-state index in [-0.39, 0.29) is 5.60 Å². The quantitative estimate of drug-likeness (QED) is 0.803. The van der Waals surface area contributed by atoms with Crippen molar-refractivity contribution in [2.24, 2.45) is 5.92 Å². The summed E-state index contributed by atoms with van der Waals surface area (Å²) in [6, 6.07) is 11.2. The van der Waals surface area contributed by atoms with Crippen LogP contribution in [0.15, 0.2) is 30.3 Å². The van der Waals surface area contributed by atoms with Gasteiger partial charge in [0.15, 0.2) is 0 Å². The molecule has 2 rings (SSSR count). The van der Waals surface area contributed by atoms with Crippen molar-refractivity contribution in [3.8, 4) is 0 Å². The molecule has 0 heterocycles. The molecule has 1 fully saturated rings. The fourth-order valence-corrected chi connectivity index (χ4v) is 2.83. The molecule has 0 amide bonds. The molecule has 1 unspecified atom stereocenters. The molecule has 106 valence electrons. The van der Waals surface area contributed by atoms with Crippen LogP contribution in [-0.2, 0) is 4.74 Å². The number of rotatable bonds is 7. The maximum Gasteiger partial charge on any atom is 0.0802 e. The average molecular weight is 261 g/mol. The van der Waals surface area contributed by atoms with Gasteiger partial charge >= 0.3 is 0 Å². The van der Waals surface area contributed by atoms with E-state index >= 15 is 0 Å². The minimum atomic E-state index is 0.101. The average Bonchev–Trinajstić information content (AvgIpc) is 2.37. The van der Waals surface area contributed by atoms with Crippen molar-refractivity contribution in [1.29, 1.82) is 0 Å². The minimum Gasteiger partial charge on any atom is -0.377 e. The van der Waals surface area contributed by atoms with Crippen LogP contribution in [0.1, 0.15) is 51.1 Å². The van der Waals surface area contributed by atoms with Gasteiger partial charge < -0.3 is 10.1 Å². The molecule has 1 aliphatic rings. The molecule has 0 spiro atoms. The maximum atomic E-state index is 5.70. The van der Waals surface area contributed by atoms with Crippen molar-refractivity contribution in [3.05, 3.63) is 35.9 Å². The minimum absolute atomic E-state index is 0.101. The molecule has 0 aromatic heterocycles. The molecule has 1 aromatic rings. The normalized spacial score (nSPS) is 19.2. The third kappa shape index (κ3) is 3.80. The molecule has 2 heteroatoms. The molecule has 0 aliphatic heterocycles. The summed E-state index contributed by atoms with van der Waals surface area (Å²) in [6.45, 7) is 5.54. The van der Waals surface area contributed by atoms with Crippen molar-refractivity contribution >= 4 is 0 Å². The van der Waals surface area contributed by atoms with Gasteiger partial charge in [-0.25, -0.2) is 0 Å². The molecule has 0 radical (unpaired) electrons. The predicted octanol–water partition coefficient (Wildman–Crippen LogP) is 3.93. The lowest BCUT2D eigenvalue weighted by Crippen LogP contribution is -2.48. The van der Waals surface area contributed by atoms with Crippen LogP contribution in [-0.4, -0.2) is 19.3 Å². The first-order valence-electron chi connectivity index (χ1n) is 7.49. The van der Waals surface area contributed by atoms with Gasteiger partial charge in [0.1, 0.15) is 0 Å². The maximum absolute atomic E-state index is 5.70. The first-order valence-corrected chi connectivity index (χ1v) is 7.49. The van der Waals surface area contributed by atoms with Crippen LogP contribution in [0.4, 0.5) is 0 Å². The second kappa shape index (κ2) is 6.53. The number of benzene rings is 1. The highest BCUT2D eigenvalue weighted by atomic mass is 16.5. The smallest absolute Gasteiger partial charge is 0.0802 e. The largest absolute Gasteiger partial charge is 0.377 e. The number of methoxy groups -OCH3 is 1. The van der Waals surface area contributed by atoms with Crippen molar-refractivity contribution in [2.75, 3.05) is 13.7 Å². The van der Waals surface area contributed by atoms with E-state index in [2.05, 4.69) is 49.5 Å². The van der Waals surface area contributed by atoms with Crippen molar-refractivity contribution < 1.29 is 4.74 Å². The van der Waals surface area contributed by atoms with Gasteiger partial charge in [-0.1, -0.05) is 44.2 Å². The molecular weight excluding hydrogens is 234 g/mol. The third-order valence-corrected chi connectivity index (χ3v) is 4.28. The number of ether oxygens (including phenoxy) is 1. The number of hydrogen-bond acceptors (Lipinski definition) is 2. The SMILES string of the molecule is COC1(CNC(CC(C)C)c2ccccc2)CCC1. The number of hydrogen-bond donors (Lipinski definition) is 1. The Morgan fingerprint density at radius 1 is 1.21 bits per heavy atom. The summed E-state index contributed by atoms with van der Waals surface area (Å²) >= 11 is 0. The van der Waals surface area contributed by atoms with Gasteiger partial charge in [0.05, 0.1) is 5.60 Å². The zero-order chi connectivity index (χ0) is 13.7. The van der Waals surface area contributed by atoms with Crippen LogP contribution < -0.4 is 5.32 Å². The summed E-state index contributed by atoms with van der Waals surface area (Å²) in [5.41, 5.74) is 1.49. The highest BCUT2D eigenvalue weighted by Crippen LogP contribution is 2.35. The first kappa shape index (κ1) is 14.5. The molecule has 1 aromatic carbocycles. The summed E-state index contributed by atoms with van der Waals surface area (Å²) in [7, 11) is 1.85. The summed E-state index contributed by atoms with van der Waals surface area (Å²) < 4.78 is 5.70. The Morgan fingerprint density at radius 2 is 1.89 bits per heavy atom. The Hall–Kier alpha value is -0.860. The highest BCUT2D eigenvalue weighted by Gasteiger charge is 2.37. The topological polar surface area (TPSA) is 21.3 Å². The van der Waals surface area contributed by atoms with E-state index in [0.717, 1.165) is 6.54 Å². The van der Waals surface area contributed by atoms with E-state index in [1.807, 2.05) is 7.11 Å². The second-order valence-corrected chi connectivity index (χ2v) is 6.21. The molecule has 0 saturated heterocycles. The van der Waals surface area contributed by atoms with Gasteiger partial charge in [-0.3, -0.25) is 0 Å². The summed E-state index contributed by atoms with van der Waals surface area (Å²) in [5, 5.41) is 3.74. The van der Waals surface area contributed by atoms with Crippen molar-refractivity contribution in [2.45, 2.75) is 51.2 Å². The molecule has 1 N–H and O–H groups in total. The van der Waals surface area contributed by atoms with Crippen LogP contribution in [0, 0.1) is 5.92 Å². The van der Waals surface area contributed by atoms with E-state index in [1.165, 1.54) is 31.2 Å². The zero-order valence-corrected chi connectivity index (χ0v) is 12.5. The predicted molar refractivity (Wildman–Crippen MR) is 80.2 cm³/mol. The lowest BCUT2D eigenvalue weighted by atomic mass is 9.79. The van der Waals surface area contributed by atoms with Crippen LogP contribution in [0.5, 0.6) is 0 Å². The molecule has 0 bridgehead atoms. The van der Waals surface area contributed by atoms with E-state index in [1.54, 1.807) is 0 Å².